The molecule has 0 bridgehead atoms. The van der Waals surface area contributed by atoms with Gasteiger partial charge in [-0.3, -0.25) is 4.90 Å². The molecule has 3 N–H and O–H groups in total. The summed E-state index contributed by atoms with van der Waals surface area (Å²) in [7, 11) is 0. The van der Waals surface area contributed by atoms with Crippen molar-refractivity contribution in [2.75, 3.05) is 31.6 Å². The van der Waals surface area contributed by atoms with E-state index in [1.807, 2.05) is 12.1 Å². The Bertz CT molecular complexity index is 1270. The van der Waals surface area contributed by atoms with Crippen molar-refractivity contribution in [2.24, 2.45) is 0 Å². The Balaban J connectivity index is 1.27. The highest BCUT2D eigenvalue weighted by molar-refractivity contribution is 6.12. The topological polar surface area (TPSA) is 86.3 Å². The normalized spacial score (nSPS) is 22.1. The number of phenols is 1. The van der Waals surface area contributed by atoms with E-state index in [9.17, 15) is 5.11 Å². The van der Waals surface area contributed by atoms with Crippen LogP contribution >= 0.6 is 0 Å². The van der Waals surface area contributed by atoms with Crippen molar-refractivity contribution >= 4 is 27.8 Å². The summed E-state index contributed by atoms with van der Waals surface area (Å²) in [6.45, 7) is 3.85. The van der Waals surface area contributed by atoms with Crippen molar-refractivity contribution in [1.29, 1.82) is 0 Å². The minimum absolute atomic E-state index is 0.268. The van der Waals surface area contributed by atoms with Crippen molar-refractivity contribution in [3.63, 3.8) is 0 Å². The van der Waals surface area contributed by atoms with Gasteiger partial charge in [0, 0.05) is 36.1 Å². The van der Waals surface area contributed by atoms with Gasteiger partial charge in [0.1, 0.15) is 23.5 Å². The lowest BCUT2D eigenvalue weighted by molar-refractivity contribution is 0.00791. The van der Waals surface area contributed by atoms with E-state index in [1.54, 1.807) is 18.5 Å². The molecule has 6 rings (SSSR count). The first-order chi connectivity index (χ1) is 16.2. The first kappa shape index (κ1) is 20.4. The van der Waals surface area contributed by atoms with Crippen LogP contribution in [0.25, 0.3) is 33.1 Å². The van der Waals surface area contributed by atoms with E-state index in [4.69, 9.17) is 4.74 Å². The van der Waals surface area contributed by atoms with E-state index in [2.05, 4.69) is 43.4 Å². The van der Waals surface area contributed by atoms with Crippen LogP contribution in [0.2, 0.25) is 0 Å². The van der Waals surface area contributed by atoms with Crippen molar-refractivity contribution in [3.8, 4) is 16.9 Å². The molecule has 4 aromatic rings. The fourth-order valence-corrected chi connectivity index (χ4v) is 5.42. The number of fused-ring (bicyclic) bond motifs is 3. The Labute approximate surface area is 192 Å². The monoisotopic (exact) mass is 443 g/mol. The maximum Gasteiger partial charge on any atom is 0.143 e. The van der Waals surface area contributed by atoms with Crippen molar-refractivity contribution in [1.82, 2.24) is 19.9 Å². The predicted octanol–water partition coefficient (Wildman–Crippen LogP) is 4.54. The fourth-order valence-electron chi connectivity index (χ4n) is 5.42. The molecule has 0 atom stereocenters. The van der Waals surface area contributed by atoms with Gasteiger partial charge >= 0.3 is 0 Å². The molecular formula is C26H29N5O2. The molecule has 2 fully saturated rings. The number of nitrogens with zero attached hydrogens (tertiary/aromatic N) is 3. The van der Waals surface area contributed by atoms with Crippen LogP contribution in [0, 0.1) is 0 Å². The molecule has 7 heteroatoms. The third kappa shape index (κ3) is 4.03. The standard InChI is InChI=1S/C26H29N5O2/c32-21-3-1-2-17(14-21)18-4-9-23-22(15-18)24-25(27-16-28-26(24)30-23)29-19-5-7-20(8-6-19)31-10-12-33-13-11-31/h1-4,9,14-16,19-20,32H,5-8,10-13H2,(H2,27,28,29,30). The van der Waals surface area contributed by atoms with Crippen LogP contribution in [0.4, 0.5) is 5.82 Å². The Morgan fingerprint density at radius 2 is 1.79 bits per heavy atom. The molecule has 0 amide bonds. The Kier molecular flexibility index (Phi) is 5.36. The summed E-state index contributed by atoms with van der Waals surface area (Å²) in [4.78, 5) is 15.2. The van der Waals surface area contributed by atoms with Crippen molar-refractivity contribution in [3.05, 3.63) is 48.8 Å². The number of benzene rings is 2. The number of hydrogen-bond acceptors (Lipinski definition) is 6. The molecule has 1 aliphatic carbocycles. The molecule has 2 aromatic carbocycles. The quantitative estimate of drug-likeness (QED) is 0.429. The van der Waals surface area contributed by atoms with E-state index < -0.39 is 0 Å². The Morgan fingerprint density at radius 1 is 0.970 bits per heavy atom. The number of H-pyrrole nitrogens is 1. The number of morpholine rings is 1. The minimum atomic E-state index is 0.268. The number of aromatic nitrogens is 3. The van der Waals surface area contributed by atoms with Crippen LogP contribution in [0.15, 0.2) is 48.8 Å². The van der Waals surface area contributed by atoms with E-state index in [1.165, 1.54) is 12.8 Å². The Morgan fingerprint density at radius 3 is 2.61 bits per heavy atom. The van der Waals surface area contributed by atoms with Crippen molar-refractivity contribution in [2.45, 2.75) is 37.8 Å². The van der Waals surface area contributed by atoms with Crippen LogP contribution in [-0.4, -0.2) is 63.3 Å². The maximum atomic E-state index is 9.90. The second-order valence-electron chi connectivity index (χ2n) is 9.18. The molecule has 0 unspecified atom stereocenters. The number of aromatic amines is 1. The van der Waals surface area contributed by atoms with Crippen molar-refractivity contribution < 1.29 is 9.84 Å². The summed E-state index contributed by atoms with van der Waals surface area (Å²) in [5.74, 6) is 1.17. The van der Waals surface area contributed by atoms with Gasteiger partial charge in [0.15, 0.2) is 0 Å². The predicted molar refractivity (Wildman–Crippen MR) is 131 cm³/mol. The van der Waals surface area contributed by atoms with Gasteiger partial charge in [-0.2, -0.15) is 0 Å². The summed E-state index contributed by atoms with van der Waals surface area (Å²) < 4.78 is 5.52. The summed E-state index contributed by atoms with van der Waals surface area (Å²) in [5.41, 5.74) is 3.92. The van der Waals surface area contributed by atoms with E-state index in [-0.39, 0.29) is 5.75 Å². The van der Waals surface area contributed by atoms with Crippen LogP contribution in [0.3, 0.4) is 0 Å². The molecule has 1 saturated carbocycles. The van der Waals surface area contributed by atoms with Crippen LogP contribution in [-0.2, 0) is 4.74 Å². The number of anilines is 1. The summed E-state index contributed by atoms with van der Waals surface area (Å²) >= 11 is 0. The molecular weight excluding hydrogens is 414 g/mol. The third-order valence-electron chi connectivity index (χ3n) is 7.17. The molecule has 1 aliphatic heterocycles. The number of hydrogen-bond donors (Lipinski definition) is 3. The Hall–Kier alpha value is -3.16. The summed E-state index contributed by atoms with van der Waals surface area (Å²) in [5, 5.41) is 15.8. The lowest BCUT2D eigenvalue weighted by Gasteiger charge is -2.39. The number of ether oxygens (including phenoxy) is 1. The first-order valence-electron chi connectivity index (χ1n) is 11.9. The second kappa shape index (κ2) is 8.65. The number of aromatic hydroxyl groups is 1. The van der Waals surface area contributed by atoms with Gasteiger partial charge in [-0.15, -0.1) is 0 Å². The van der Waals surface area contributed by atoms with Gasteiger partial charge < -0.3 is 20.1 Å². The average molecular weight is 444 g/mol. The molecule has 170 valence electrons. The molecule has 0 spiro atoms. The average Bonchev–Trinajstić information content (AvgIpc) is 3.24. The van der Waals surface area contributed by atoms with Crippen LogP contribution < -0.4 is 5.32 Å². The fraction of sp³-hybridized carbons (Fsp3) is 0.385. The van der Waals surface area contributed by atoms with Gasteiger partial charge in [0.05, 0.1) is 18.6 Å². The second-order valence-corrected chi connectivity index (χ2v) is 9.18. The SMILES string of the molecule is Oc1cccc(-c2ccc3[nH]c4ncnc(NC5CCC(N6CCOCC6)CC5)c4c3c2)c1. The van der Waals surface area contributed by atoms with E-state index in [0.29, 0.717) is 12.1 Å². The van der Waals surface area contributed by atoms with Gasteiger partial charge in [-0.1, -0.05) is 18.2 Å². The molecule has 2 aliphatic rings. The first-order valence-corrected chi connectivity index (χ1v) is 11.9. The highest BCUT2D eigenvalue weighted by Crippen LogP contribution is 2.34. The molecule has 2 aromatic heterocycles. The zero-order chi connectivity index (χ0) is 22.2. The smallest absolute Gasteiger partial charge is 0.143 e. The highest BCUT2D eigenvalue weighted by Gasteiger charge is 2.27. The zero-order valence-corrected chi connectivity index (χ0v) is 18.6. The number of phenolic OH excluding ortho intramolecular Hbond substituents is 1. The van der Waals surface area contributed by atoms with Crippen LogP contribution in [0.5, 0.6) is 5.75 Å². The molecule has 33 heavy (non-hydrogen) atoms. The van der Waals surface area contributed by atoms with Gasteiger partial charge in [-0.25, -0.2) is 9.97 Å². The molecule has 1 saturated heterocycles. The highest BCUT2D eigenvalue weighted by atomic mass is 16.5. The lowest BCUT2D eigenvalue weighted by atomic mass is 9.90. The van der Waals surface area contributed by atoms with Gasteiger partial charge in [0.2, 0.25) is 0 Å². The number of nitrogens with one attached hydrogen (secondary N) is 2. The molecule has 7 nitrogen and oxygen atoms in total. The third-order valence-corrected chi connectivity index (χ3v) is 7.17. The van der Waals surface area contributed by atoms with Crippen LogP contribution in [0.1, 0.15) is 25.7 Å². The van der Waals surface area contributed by atoms with E-state index in [0.717, 1.165) is 78.0 Å². The summed E-state index contributed by atoms with van der Waals surface area (Å²) in [6, 6.07) is 14.8. The zero-order valence-electron chi connectivity index (χ0n) is 18.6. The lowest BCUT2D eigenvalue weighted by Crippen LogP contribution is -2.46. The molecule has 3 heterocycles. The minimum Gasteiger partial charge on any atom is -0.508 e. The maximum absolute atomic E-state index is 9.90. The van der Waals surface area contributed by atoms with Gasteiger partial charge in [-0.05, 0) is 61.1 Å². The van der Waals surface area contributed by atoms with Gasteiger partial charge in [0.25, 0.3) is 0 Å². The summed E-state index contributed by atoms with van der Waals surface area (Å²) in [6.07, 6.45) is 6.34. The largest absolute Gasteiger partial charge is 0.508 e. The number of rotatable bonds is 4. The van der Waals surface area contributed by atoms with E-state index >= 15 is 0 Å². The molecule has 0 radical (unpaired) electrons.